The molecular weight excluding hydrogens is 290 g/mol. The average Bonchev–Trinajstić information content (AvgIpc) is 2.80. The maximum Gasteiger partial charge on any atom is 0.0907 e. The molecule has 0 unspecified atom stereocenters. The van der Waals surface area contributed by atoms with E-state index < -0.39 is 0 Å². The van der Waals surface area contributed by atoms with Crippen LogP contribution < -0.4 is 4.90 Å². The zero-order valence-corrected chi connectivity index (χ0v) is 12.9. The Kier molecular flexibility index (Phi) is 3.59. The highest BCUT2D eigenvalue weighted by Crippen LogP contribution is 2.27. The summed E-state index contributed by atoms with van der Waals surface area (Å²) in [6.07, 6.45) is 3.45. The molecule has 0 N–H and O–H groups in total. The molecule has 102 valence electrons. The third-order valence-electron chi connectivity index (χ3n) is 3.18. The van der Waals surface area contributed by atoms with Crippen molar-refractivity contribution in [2.75, 3.05) is 11.9 Å². The summed E-state index contributed by atoms with van der Waals surface area (Å²) in [6.45, 7) is 2.79. The van der Waals surface area contributed by atoms with Gasteiger partial charge < -0.3 is 4.90 Å². The molecule has 20 heavy (non-hydrogen) atoms. The summed E-state index contributed by atoms with van der Waals surface area (Å²) in [5, 5.41) is 1.80. The zero-order valence-electron chi connectivity index (χ0n) is 11.3. The van der Waals surface area contributed by atoms with E-state index in [0.717, 1.165) is 28.3 Å². The summed E-state index contributed by atoms with van der Waals surface area (Å²) in [7, 11) is 2.06. The third-order valence-corrected chi connectivity index (χ3v) is 4.46. The lowest BCUT2D eigenvalue weighted by Crippen LogP contribution is -2.16. The summed E-state index contributed by atoms with van der Waals surface area (Å²) in [6, 6.07) is 8.29. The van der Waals surface area contributed by atoms with Crippen LogP contribution in [0.4, 0.5) is 5.69 Å². The van der Waals surface area contributed by atoms with Gasteiger partial charge in [0.15, 0.2) is 0 Å². The second kappa shape index (κ2) is 5.38. The summed E-state index contributed by atoms with van der Waals surface area (Å²) < 4.78 is 1.22. The highest BCUT2D eigenvalue weighted by molar-refractivity contribution is 7.18. The van der Waals surface area contributed by atoms with Gasteiger partial charge in [0.2, 0.25) is 0 Å². The molecule has 0 aliphatic rings. The van der Waals surface area contributed by atoms with Crippen molar-refractivity contribution >= 4 is 38.8 Å². The number of rotatable bonds is 3. The Hall–Kier alpha value is -1.65. The highest BCUT2D eigenvalue weighted by Gasteiger charge is 2.08. The van der Waals surface area contributed by atoms with E-state index in [9.17, 15) is 0 Å². The summed E-state index contributed by atoms with van der Waals surface area (Å²) in [5.41, 5.74) is 3.30. The number of pyridine rings is 1. The molecule has 3 nitrogen and oxygen atoms in total. The Morgan fingerprint density at radius 3 is 2.95 bits per heavy atom. The van der Waals surface area contributed by atoms with Gasteiger partial charge in [-0.15, -0.1) is 11.3 Å². The van der Waals surface area contributed by atoms with E-state index in [4.69, 9.17) is 11.6 Å². The first-order chi connectivity index (χ1) is 9.63. The van der Waals surface area contributed by atoms with Crippen LogP contribution in [0.5, 0.6) is 0 Å². The molecule has 0 aliphatic heterocycles. The molecule has 1 aromatic carbocycles. The van der Waals surface area contributed by atoms with Gasteiger partial charge in [0.05, 0.1) is 20.2 Å². The number of thiazole rings is 1. The van der Waals surface area contributed by atoms with E-state index in [-0.39, 0.29) is 0 Å². The fraction of sp³-hybridized carbons (Fsp3) is 0.200. The summed E-state index contributed by atoms with van der Waals surface area (Å²) in [5.74, 6) is 0. The Balaban J connectivity index is 1.88. The largest absolute Gasteiger partial charge is 0.370 e. The number of fused-ring (bicyclic) bond motifs is 1. The number of hydrogen-bond acceptors (Lipinski definition) is 4. The van der Waals surface area contributed by atoms with E-state index in [1.165, 1.54) is 4.70 Å². The van der Waals surface area contributed by atoms with Gasteiger partial charge in [-0.05, 0) is 36.8 Å². The lowest BCUT2D eigenvalue weighted by molar-refractivity contribution is 0.921. The van der Waals surface area contributed by atoms with Crippen molar-refractivity contribution in [3.63, 3.8) is 0 Å². The Bertz CT molecular complexity index is 754. The number of nitrogens with zero attached hydrogens (tertiary/aromatic N) is 3. The van der Waals surface area contributed by atoms with Crippen LogP contribution >= 0.6 is 22.9 Å². The van der Waals surface area contributed by atoms with Gasteiger partial charge in [-0.2, -0.15) is 0 Å². The monoisotopic (exact) mass is 303 g/mol. The minimum absolute atomic E-state index is 0.703. The van der Waals surface area contributed by atoms with E-state index in [1.807, 2.05) is 13.0 Å². The smallest absolute Gasteiger partial charge is 0.0907 e. The normalized spacial score (nSPS) is 10.9. The third kappa shape index (κ3) is 2.62. The van der Waals surface area contributed by atoms with Crippen LogP contribution in [0.2, 0.25) is 5.02 Å². The predicted molar refractivity (Wildman–Crippen MR) is 85.7 cm³/mol. The quantitative estimate of drug-likeness (QED) is 0.723. The minimum atomic E-state index is 0.703. The fourth-order valence-electron chi connectivity index (χ4n) is 2.14. The van der Waals surface area contributed by atoms with Crippen molar-refractivity contribution in [3.05, 3.63) is 52.3 Å². The molecule has 0 amide bonds. The number of anilines is 1. The van der Waals surface area contributed by atoms with Crippen molar-refractivity contribution in [2.24, 2.45) is 0 Å². The second-order valence-corrected chi connectivity index (χ2v) is 6.35. The lowest BCUT2D eigenvalue weighted by atomic mass is 10.2. The van der Waals surface area contributed by atoms with Crippen LogP contribution in [-0.2, 0) is 6.54 Å². The molecule has 0 bridgehead atoms. The molecule has 0 saturated carbocycles. The van der Waals surface area contributed by atoms with E-state index in [0.29, 0.717) is 5.02 Å². The molecule has 3 aromatic rings. The highest BCUT2D eigenvalue weighted by atomic mass is 35.5. The van der Waals surface area contributed by atoms with Gasteiger partial charge in [-0.1, -0.05) is 11.6 Å². The number of aromatic nitrogens is 2. The SMILES string of the molecule is Cc1nc2ccc(N(C)Cc3ccncc3Cl)cc2s1. The molecule has 0 spiro atoms. The molecule has 3 rings (SSSR count). The maximum atomic E-state index is 6.16. The number of aryl methyl sites for hydroxylation is 1. The van der Waals surface area contributed by atoms with Gasteiger partial charge in [-0.25, -0.2) is 4.98 Å². The van der Waals surface area contributed by atoms with Crippen LogP contribution in [-0.4, -0.2) is 17.0 Å². The Morgan fingerprint density at radius 1 is 1.30 bits per heavy atom. The fourth-order valence-corrected chi connectivity index (χ4v) is 3.18. The first-order valence-corrected chi connectivity index (χ1v) is 7.49. The maximum absolute atomic E-state index is 6.16. The summed E-state index contributed by atoms with van der Waals surface area (Å²) >= 11 is 7.88. The van der Waals surface area contributed by atoms with Gasteiger partial charge in [0, 0.05) is 31.7 Å². The molecule has 2 aromatic heterocycles. The average molecular weight is 304 g/mol. The van der Waals surface area contributed by atoms with Crippen LogP contribution in [0, 0.1) is 6.92 Å². The van der Waals surface area contributed by atoms with Gasteiger partial charge >= 0.3 is 0 Å². The number of hydrogen-bond donors (Lipinski definition) is 0. The number of halogens is 1. The minimum Gasteiger partial charge on any atom is -0.370 e. The Morgan fingerprint density at radius 2 is 2.15 bits per heavy atom. The molecule has 5 heteroatoms. The van der Waals surface area contributed by atoms with E-state index in [2.05, 4.69) is 40.1 Å². The van der Waals surface area contributed by atoms with Crippen molar-refractivity contribution in [1.29, 1.82) is 0 Å². The zero-order chi connectivity index (χ0) is 14.1. The molecule has 0 fully saturated rings. The molecule has 0 atom stereocenters. The first-order valence-electron chi connectivity index (χ1n) is 6.30. The lowest BCUT2D eigenvalue weighted by Gasteiger charge is -2.19. The van der Waals surface area contributed by atoms with Gasteiger partial charge in [0.25, 0.3) is 0 Å². The van der Waals surface area contributed by atoms with Crippen LogP contribution in [0.3, 0.4) is 0 Å². The number of benzene rings is 1. The van der Waals surface area contributed by atoms with Crippen LogP contribution in [0.15, 0.2) is 36.7 Å². The molecule has 0 saturated heterocycles. The van der Waals surface area contributed by atoms with Gasteiger partial charge in [-0.3, -0.25) is 4.98 Å². The van der Waals surface area contributed by atoms with Crippen molar-refractivity contribution in [2.45, 2.75) is 13.5 Å². The van der Waals surface area contributed by atoms with Crippen molar-refractivity contribution < 1.29 is 0 Å². The topological polar surface area (TPSA) is 29.0 Å². The molecule has 2 heterocycles. The molecular formula is C15H14ClN3S. The van der Waals surface area contributed by atoms with Crippen molar-refractivity contribution in [1.82, 2.24) is 9.97 Å². The van der Waals surface area contributed by atoms with Crippen molar-refractivity contribution in [3.8, 4) is 0 Å². The second-order valence-electron chi connectivity index (χ2n) is 4.71. The predicted octanol–water partition coefficient (Wildman–Crippen LogP) is 4.29. The molecule has 0 radical (unpaired) electrons. The first kappa shape index (κ1) is 13.3. The van der Waals surface area contributed by atoms with E-state index in [1.54, 1.807) is 23.7 Å². The van der Waals surface area contributed by atoms with Crippen LogP contribution in [0.1, 0.15) is 10.6 Å². The standard InChI is InChI=1S/C15H14ClN3S/c1-10-18-14-4-3-12(7-15(14)20-10)19(2)9-11-5-6-17-8-13(11)16/h3-8H,9H2,1-2H3. The molecule has 0 aliphatic carbocycles. The Labute approximate surface area is 126 Å². The van der Waals surface area contributed by atoms with Gasteiger partial charge in [0.1, 0.15) is 0 Å². The summed E-state index contributed by atoms with van der Waals surface area (Å²) in [4.78, 5) is 10.7. The van der Waals surface area contributed by atoms with Crippen LogP contribution in [0.25, 0.3) is 10.2 Å². The van der Waals surface area contributed by atoms with E-state index >= 15 is 0 Å².